The van der Waals surface area contributed by atoms with Gasteiger partial charge in [0.15, 0.2) is 0 Å². The lowest BCUT2D eigenvalue weighted by atomic mass is 10.1. The van der Waals surface area contributed by atoms with E-state index in [1.165, 1.54) is 7.05 Å². The highest BCUT2D eigenvalue weighted by Gasteiger charge is 2.32. The van der Waals surface area contributed by atoms with Gasteiger partial charge < -0.3 is 4.74 Å². The van der Waals surface area contributed by atoms with E-state index < -0.39 is 11.7 Å². The molecule has 1 aromatic carbocycles. The predicted molar refractivity (Wildman–Crippen MR) is 57.3 cm³/mol. The summed E-state index contributed by atoms with van der Waals surface area (Å²) in [5.41, 5.74) is 0.790. The molecule has 0 spiro atoms. The molecule has 2 rings (SSSR count). The van der Waals surface area contributed by atoms with E-state index in [9.17, 15) is 9.59 Å². The van der Waals surface area contributed by atoms with Gasteiger partial charge in [-0.25, -0.2) is 5.01 Å². The van der Waals surface area contributed by atoms with E-state index in [0.29, 0.717) is 11.3 Å². The monoisotopic (exact) mass is 218 g/mol. The van der Waals surface area contributed by atoms with Crippen LogP contribution in [-0.4, -0.2) is 36.6 Å². The molecule has 1 aromatic rings. The van der Waals surface area contributed by atoms with E-state index in [2.05, 4.69) is 5.10 Å². The molecule has 0 N–H and O–H groups in total. The summed E-state index contributed by atoms with van der Waals surface area (Å²) in [5.74, 6) is -0.493. The molecule has 82 valence electrons. The molecular formula is C11H10N2O3. The SMILES string of the molecule is COc1ccc(C2=NN(C)C(=O)C2=O)cc1. The first-order chi connectivity index (χ1) is 7.63. The van der Waals surface area contributed by atoms with Gasteiger partial charge in [0.25, 0.3) is 5.78 Å². The van der Waals surface area contributed by atoms with Gasteiger partial charge in [-0.3, -0.25) is 9.59 Å². The molecule has 0 aromatic heterocycles. The van der Waals surface area contributed by atoms with E-state index >= 15 is 0 Å². The highest BCUT2D eigenvalue weighted by Crippen LogP contribution is 2.15. The van der Waals surface area contributed by atoms with Crippen LogP contribution in [0.4, 0.5) is 0 Å². The summed E-state index contributed by atoms with van der Waals surface area (Å²) in [6.07, 6.45) is 0. The average molecular weight is 218 g/mol. The first-order valence-electron chi connectivity index (χ1n) is 4.69. The number of carbonyl (C=O) groups excluding carboxylic acids is 2. The van der Waals surface area contributed by atoms with Crippen LogP contribution in [0.3, 0.4) is 0 Å². The number of ether oxygens (including phenoxy) is 1. The van der Waals surface area contributed by atoms with Crippen LogP contribution in [0.1, 0.15) is 5.56 Å². The van der Waals surface area contributed by atoms with Crippen LogP contribution < -0.4 is 4.74 Å². The maximum Gasteiger partial charge on any atom is 0.316 e. The average Bonchev–Trinajstić information content (AvgIpc) is 2.57. The highest BCUT2D eigenvalue weighted by molar-refractivity contribution is 6.69. The minimum Gasteiger partial charge on any atom is -0.497 e. The molecular weight excluding hydrogens is 208 g/mol. The number of hydrazone groups is 1. The molecule has 16 heavy (non-hydrogen) atoms. The van der Waals surface area contributed by atoms with Crippen molar-refractivity contribution >= 4 is 17.4 Å². The zero-order chi connectivity index (χ0) is 11.7. The van der Waals surface area contributed by atoms with E-state index in [-0.39, 0.29) is 5.71 Å². The Labute approximate surface area is 92.3 Å². The second-order valence-electron chi connectivity index (χ2n) is 3.33. The van der Waals surface area contributed by atoms with Gasteiger partial charge in [0.1, 0.15) is 11.5 Å². The zero-order valence-electron chi connectivity index (χ0n) is 8.93. The van der Waals surface area contributed by atoms with Gasteiger partial charge in [-0.05, 0) is 24.3 Å². The van der Waals surface area contributed by atoms with Gasteiger partial charge in [-0.15, -0.1) is 0 Å². The third kappa shape index (κ3) is 1.56. The third-order valence-electron chi connectivity index (χ3n) is 2.32. The lowest BCUT2D eigenvalue weighted by Crippen LogP contribution is -2.24. The van der Waals surface area contributed by atoms with E-state index in [4.69, 9.17) is 4.74 Å². The summed E-state index contributed by atoms with van der Waals surface area (Å²) in [4.78, 5) is 22.8. The number of hydrogen-bond donors (Lipinski definition) is 0. The molecule has 0 fully saturated rings. The maximum atomic E-state index is 11.5. The number of hydrogen-bond acceptors (Lipinski definition) is 4. The molecule has 1 heterocycles. The van der Waals surface area contributed by atoms with Crippen molar-refractivity contribution in [3.05, 3.63) is 29.8 Å². The lowest BCUT2D eigenvalue weighted by molar-refractivity contribution is -0.138. The Morgan fingerprint density at radius 2 is 1.81 bits per heavy atom. The smallest absolute Gasteiger partial charge is 0.316 e. The summed E-state index contributed by atoms with van der Waals surface area (Å²) < 4.78 is 5.00. The van der Waals surface area contributed by atoms with E-state index in [0.717, 1.165) is 5.01 Å². The number of amides is 1. The molecule has 0 aliphatic carbocycles. The largest absolute Gasteiger partial charge is 0.497 e. The fourth-order valence-electron chi connectivity index (χ4n) is 1.43. The molecule has 0 bridgehead atoms. The Balaban J connectivity index is 2.35. The Hall–Kier alpha value is -2.17. The molecule has 0 unspecified atom stereocenters. The second kappa shape index (κ2) is 3.77. The predicted octanol–water partition coefficient (Wildman–Crippen LogP) is 0.440. The van der Waals surface area contributed by atoms with Crippen LogP contribution in [-0.2, 0) is 9.59 Å². The zero-order valence-corrected chi connectivity index (χ0v) is 8.93. The number of Topliss-reactive ketones (excluding diaryl/α,β-unsaturated/α-hetero) is 1. The summed E-state index contributed by atoms with van der Waals surface area (Å²) in [6.45, 7) is 0. The fourth-order valence-corrected chi connectivity index (χ4v) is 1.43. The molecule has 0 radical (unpaired) electrons. The number of methoxy groups -OCH3 is 1. The number of rotatable bonds is 2. The van der Waals surface area contributed by atoms with Gasteiger partial charge in [0, 0.05) is 12.6 Å². The van der Waals surface area contributed by atoms with Crippen LogP contribution in [0, 0.1) is 0 Å². The molecule has 0 saturated carbocycles. The first-order valence-corrected chi connectivity index (χ1v) is 4.69. The molecule has 1 amide bonds. The second-order valence-corrected chi connectivity index (χ2v) is 3.33. The van der Waals surface area contributed by atoms with Crippen LogP contribution in [0.25, 0.3) is 0 Å². The Bertz CT molecular complexity index is 477. The fraction of sp³-hybridized carbons (Fsp3) is 0.182. The minimum atomic E-state index is -0.606. The van der Waals surface area contributed by atoms with Crippen molar-refractivity contribution < 1.29 is 14.3 Å². The summed E-state index contributed by atoms with van der Waals surface area (Å²) in [6, 6.07) is 6.83. The molecule has 0 atom stereocenters. The third-order valence-corrected chi connectivity index (χ3v) is 2.32. The number of ketones is 1. The van der Waals surface area contributed by atoms with Crippen molar-refractivity contribution in [2.45, 2.75) is 0 Å². The Kier molecular flexibility index (Phi) is 2.44. The molecule has 1 aliphatic heterocycles. The van der Waals surface area contributed by atoms with Crippen molar-refractivity contribution in [3.63, 3.8) is 0 Å². The molecule has 5 heteroatoms. The molecule has 1 aliphatic rings. The van der Waals surface area contributed by atoms with Crippen LogP contribution in [0.5, 0.6) is 5.75 Å². The van der Waals surface area contributed by atoms with Crippen molar-refractivity contribution in [2.75, 3.05) is 14.2 Å². The van der Waals surface area contributed by atoms with Crippen molar-refractivity contribution in [1.29, 1.82) is 0 Å². The van der Waals surface area contributed by atoms with Crippen LogP contribution in [0.15, 0.2) is 29.4 Å². The van der Waals surface area contributed by atoms with Crippen LogP contribution in [0.2, 0.25) is 0 Å². The van der Waals surface area contributed by atoms with Crippen molar-refractivity contribution in [3.8, 4) is 5.75 Å². The van der Waals surface area contributed by atoms with Gasteiger partial charge in [0.05, 0.1) is 7.11 Å². The van der Waals surface area contributed by atoms with Gasteiger partial charge in [0.2, 0.25) is 0 Å². The van der Waals surface area contributed by atoms with E-state index in [1.807, 2.05) is 0 Å². The minimum absolute atomic E-state index is 0.176. The maximum absolute atomic E-state index is 11.5. The first kappa shape index (κ1) is 10.4. The standard InChI is InChI=1S/C11H10N2O3/c1-13-11(15)10(14)9(12-13)7-3-5-8(16-2)6-4-7/h3-6H,1-2H3. The molecule has 0 saturated heterocycles. The summed E-state index contributed by atoms with van der Waals surface area (Å²) in [7, 11) is 3.02. The van der Waals surface area contributed by atoms with Crippen LogP contribution >= 0.6 is 0 Å². The number of benzene rings is 1. The normalized spacial score (nSPS) is 15.4. The Morgan fingerprint density at radius 1 is 1.19 bits per heavy atom. The van der Waals surface area contributed by atoms with Gasteiger partial charge >= 0.3 is 5.91 Å². The quantitative estimate of drug-likeness (QED) is 0.677. The lowest BCUT2D eigenvalue weighted by Gasteiger charge is -2.00. The Morgan fingerprint density at radius 3 is 2.25 bits per heavy atom. The van der Waals surface area contributed by atoms with E-state index in [1.54, 1.807) is 31.4 Å². The summed E-state index contributed by atoms with van der Waals surface area (Å²) >= 11 is 0. The van der Waals surface area contributed by atoms with Gasteiger partial charge in [-0.2, -0.15) is 5.10 Å². The number of likely N-dealkylation sites (N-methyl/N-ethyl adjacent to an activating group) is 1. The van der Waals surface area contributed by atoms with Gasteiger partial charge in [-0.1, -0.05) is 0 Å². The van der Waals surface area contributed by atoms with Crippen molar-refractivity contribution in [1.82, 2.24) is 5.01 Å². The van der Waals surface area contributed by atoms with Crippen molar-refractivity contribution in [2.24, 2.45) is 5.10 Å². The number of carbonyl (C=O) groups is 2. The summed E-state index contributed by atoms with van der Waals surface area (Å²) in [5, 5.41) is 4.93. The number of nitrogens with zero attached hydrogens (tertiary/aromatic N) is 2. The topological polar surface area (TPSA) is 59.0 Å². The highest BCUT2D eigenvalue weighted by atomic mass is 16.5. The molecule has 5 nitrogen and oxygen atoms in total.